The van der Waals surface area contributed by atoms with Crippen LogP contribution in [0.1, 0.15) is 37.7 Å². The molecule has 0 amide bonds. The summed E-state index contributed by atoms with van der Waals surface area (Å²) < 4.78 is 5.57. The maximum atomic E-state index is 5.57. The summed E-state index contributed by atoms with van der Waals surface area (Å²) in [6, 6.07) is 10.5. The Bertz CT molecular complexity index is 534. The summed E-state index contributed by atoms with van der Waals surface area (Å²) >= 11 is 0. The molecule has 0 radical (unpaired) electrons. The summed E-state index contributed by atoms with van der Waals surface area (Å²) in [6.45, 7) is 5.59. The number of ether oxygens (including phenoxy) is 1. The van der Waals surface area contributed by atoms with Crippen LogP contribution in [0.5, 0.6) is 0 Å². The normalized spacial score (nSPS) is 21.7. The van der Waals surface area contributed by atoms with Crippen LogP contribution in [0.3, 0.4) is 0 Å². The van der Waals surface area contributed by atoms with Crippen LogP contribution >= 0.6 is 0 Å². The van der Waals surface area contributed by atoms with Crippen molar-refractivity contribution in [3.8, 4) is 0 Å². The molecule has 1 heterocycles. The molecule has 3 rings (SSSR count). The van der Waals surface area contributed by atoms with Crippen molar-refractivity contribution in [2.24, 2.45) is 4.99 Å². The van der Waals surface area contributed by atoms with Gasteiger partial charge in [0.1, 0.15) is 0 Å². The van der Waals surface area contributed by atoms with Gasteiger partial charge >= 0.3 is 0 Å². The first-order valence-corrected chi connectivity index (χ1v) is 9.64. The number of rotatable bonds is 5. The van der Waals surface area contributed by atoms with Crippen LogP contribution in [0, 0.1) is 0 Å². The molecule has 138 valence electrons. The summed E-state index contributed by atoms with van der Waals surface area (Å²) in [6.07, 6.45) is 6.57. The molecule has 1 saturated heterocycles. The van der Waals surface area contributed by atoms with E-state index in [0.717, 1.165) is 45.4 Å². The minimum absolute atomic E-state index is 0.256. The van der Waals surface area contributed by atoms with Gasteiger partial charge in [0, 0.05) is 38.8 Å². The van der Waals surface area contributed by atoms with E-state index >= 15 is 0 Å². The first-order chi connectivity index (χ1) is 12.3. The van der Waals surface area contributed by atoms with Gasteiger partial charge in [0.2, 0.25) is 0 Å². The molecule has 2 fully saturated rings. The first-order valence-electron chi connectivity index (χ1n) is 9.64. The van der Waals surface area contributed by atoms with Gasteiger partial charge in [-0.1, -0.05) is 49.6 Å². The molecule has 0 unspecified atom stereocenters. The summed E-state index contributed by atoms with van der Waals surface area (Å²) in [7, 11) is 1.85. The predicted molar refractivity (Wildman–Crippen MR) is 103 cm³/mol. The lowest BCUT2D eigenvalue weighted by molar-refractivity contribution is -0.0352. The number of morpholine rings is 1. The van der Waals surface area contributed by atoms with Crippen molar-refractivity contribution in [3.05, 3.63) is 35.9 Å². The zero-order valence-corrected chi connectivity index (χ0v) is 15.5. The second-order valence-electron chi connectivity index (χ2n) is 7.15. The fourth-order valence-corrected chi connectivity index (χ4v) is 4.10. The smallest absolute Gasteiger partial charge is 0.191 e. The highest BCUT2D eigenvalue weighted by Gasteiger charge is 2.38. The van der Waals surface area contributed by atoms with Crippen molar-refractivity contribution in [2.75, 3.05) is 39.9 Å². The van der Waals surface area contributed by atoms with Crippen LogP contribution in [0.25, 0.3) is 0 Å². The van der Waals surface area contributed by atoms with Gasteiger partial charge in [-0.2, -0.15) is 0 Å². The monoisotopic (exact) mass is 344 g/mol. The van der Waals surface area contributed by atoms with Crippen LogP contribution in [0.4, 0.5) is 0 Å². The van der Waals surface area contributed by atoms with Gasteiger partial charge in [0.05, 0.1) is 13.2 Å². The Balaban J connectivity index is 1.57. The molecule has 0 bridgehead atoms. The lowest BCUT2D eigenvalue weighted by Gasteiger charge is -2.48. The van der Waals surface area contributed by atoms with Crippen molar-refractivity contribution in [3.63, 3.8) is 0 Å². The SMILES string of the molecule is CN=C(NCc1ccccc1)NCC1(N2CCOCC2)CCCCC1. The van der Waals surface area contributed by atoms with Crippen LogP contribution < -0.4 is 10.6 Å². The summed E-state index contributed by atoms with van der Waals surface area (Å²) in [5.74, 6) is 0.891. The molecule has 1 saturated carbocycles. The van der Waals surface area contributed by atoms with Crippen molar-refractivity contribution >= 4 is 5.96 Å². The summed E-state index contributed by atoms with van der Waals surface area (Å²) in [5.41, 5.74) is 1.53. The highest BCUT2D eigenvalue weighted by atomic mass is 16.5. The van der Waals surface area contributed by atoms with Gasteiger partial charge in [-0.3, -0.25) is 9.89 Å². The summed E-state index contributed by atoms with van der Waals surface area (Å²) in [5, 5.41) is 7.05. The zero-order valence-electron chi connectivity index (χ0n) is 15.5. The van der Waals surface area contributed by atoms with Gasteiger partial charge in [-0.25, -0.2) is 0 Å². The number of aliphatic imine (C=N–C) groups is 1. The lowest BCUT2D eigenvalue weighted by Crippen LogP contribution is -2.60. The Morgan fingerprint density at radius 1 is 1.08 bits per heavy atom. The fraction of sp³-hybridized carbons (Fsp3) is 0.650. The first kappa shape index (κ1) is 18.2. The Kier molecular flexibility index (Phi) is 6.70. The molecular formula is C20H32N4O. The quantitative estimate of drug-likeness (QED) is 0.636. The van der Waals surface area contributed by atoms with E-state index in [2.05, 4.69) is 44.8 Å². The topological polar surface area (TPSA) is 48.9 Å². The molecule has 5 heteroatoms. The van der Waals surface area contributed by atoms with E-state index in [4.69, 9.17) is 4.74 Å². The Labute approximate surface area is 151 Å². The van der Waals surface area contributed by atoms with Crippen molar-refractivity contribution in [2.45, 2.75) is 44.2 Å². The minimum Gasteiger partial charge on any atom is -0.379 e. The average Bonchev–Trinajstić information content (AvgIpc) is 2.70. The number of benzene rings is 1. The van der Waals surface area contributed by atoms with Crippen molar-refractivity contribution < 1.29 is 4.74 Å². The molecule has 1 aliphatic heterocycles. The largest absolute Gasteiger partial charge is 0.379 e. The van der Waals surface area contributed by atoms with E-state index in [9.17, 15) is 0 Å². The van der Waals surface area contributed by atoms with E-state index in [1.807, 2.05) is 13.1 Å². The number of guanidine groups is 1. The van der Waals surface area contributed by atoms with Crippen LogP contribution in [0.2, 0.25) is 0 Å². The molecule has 0 atom stereocenters. The van der Waals surface area contributed by atoms with Crippen LogP contribution in [0.15, 0.2) is 35.3 Å². The number of nitrogens with one attached hydrogen (secondary N) is 2. The van der Waals surface area contributed by atoms with E-state index in [-0.39, 0.29) is 5.54 Å². The Morgan fingerprint density at radius 3 is 2.48 bits per heavy atom. The Morgan fingerprint density at radius 2 is 1.80 bits per heavy atom. The summed E-state index contributed by atoms with van der Waals surface area (Å²) in [4.78, 5) is 7.07. The van der Waals surface area contributed by atoms with Crippen molar-refractivity contribution in [1.29, 1.82) is 0 Å². The van der Waals surface area contributed by atoms with Gasteiger partial charge < -0.3 is 15.4 Å². The van der Waals surface area contributed by atoms with E-state index in [1.54, 1.807) is 0 Å². The van der Waals surface area contributed by atoms with Crippen LogP contribution in [-0.4, -0.2) is 56.3 Å². The third-order valence-electron chi connectivity index (χ3n) is 5.58. The molecule has 25 heavy (non-hydrogen) atoms. The minimum atomic E-state index is 0.256. The Hall–Kier alpha value is -1.59. The molecular weight excluding hydrogens is 312 g/mol. The van der Waals surface area contributed by atoms with Gasteiger partial charge in [0.25, 0.3) is 0 Å². The predicted octanol–water partition coefficient (Wildman–Crippen LogP) is 2.39. The molecule has 2 N–H and O–H groups in total. The molecule has 2 aliphatic rings. The zero-order chi connectivity index (χ0) is 17.4. The van der Waals surface area contributed by atoms with E-state index < -0.39 is 0 Å². The third kappa shape index (κ3) is 4.95. The fourth-order valence-electron chi connectivity index (χ4n) is 4.10. The molecule has 1 aromatic rings. The second-order valence-corrected chi connectivity index (χ2v) is 7.15. The van der Waals surface area contributed by atoms with Crippen LogP contribution in [-0.2, 0) is 11.3 Å². The van der Waals surface area contributed by atoms with Gasteiger partial charge in [0.15, 0.2) is 5.96 Å². The van der Waals surface area contributed by atoms with E-state index in [0.29, 0.717) is 0 Å². The third-order valence-corrected chi connectivity index (χ3v) is 5.58. The van der Waals surface area contributed by atoms with Gasteiger partial charge in [-0.05, 0) is 18.4 Å². The molecule has 1 aromatic carbocycles. The maximum absolute atomic E-state index is 5.57. The standard InChI is InChI=1S/C20H32N4O/c1-21-19(22-16-18-8-4-2-5-9-18)23-17-20(10-6-3-7-11-20)24-12-14-25-15-13-24/h2,4-5,8-9H,3,6-7,10-17H2,1H3,(H2,21,22,23). The highest BCUT2D eigenvalue weighted by Crippen LogP contribution is 2.33. The van der Waals surface area contributed by atoms with E-state index in [1.165, 1.54) is 37.7 Å². The molecule has 0 aromatic heterocycles. The second kappa shape index (κ2) is 9.20. The number of nitrogens with zero attached hydrogens (tertiary/aromatic N) is 2. The molecule has 1 aliphatic carbocycles. The average molecular weight is 345 g/mol. The molecule has 0 spiro atoms. The number of hydrogen-bond acceptors (Lipinski definition) is 3. The van der Waals surface area contributed by atoms with Gasteiger partial charge in [-0.15, -0.1) is 0 Å². The highest BCUT2D eigenvalue weighted by molar-refractivity contribution is 5.79. The lowest BCUT2D eigenvalue weighted by atomic mass is 9.80. The maximum Gasteiger partial charge on any atom is 0.191 e. The van der Waals surface area contributed by atoms with Crippen molar-refractivity contribution in [1.82, 2.24) is 15.5 Å². The molecule has 5 nitrogen and oxygen atoms in total. The number of hydrogen-bond donors (Lipinski definition) is 2.